The Labute approximate surface area is 115 Å². The van der Waals surface area contributed by atoms with Crippen LogP contribution in [0.25, 0.3) is 0 Å². The Bertz CT molecular complexity index is 387. The van der Waals surface area contributed by atoms with Gasteiger partial charge in [0, 0.05) is 20.1 Å². The standard InChI is InChI=1S/C12H19F3N2O3/c1-11(9(18)19)5-3-4-7-17(11)10(20)16(2)8-6-12(13,14)15/h3-8H2,1-2H3,(H,18,19). The van der Waals surface area contributed by atoms with Crippen LogP contribution in [0.1, 0.15) is 32.6 Å². The number of nitrogens with zero attached hydrogens (tertiary/aromatic N) is 2. The van der Waals surface area contributed by atoms with E-state index < -0.39 is 36.7 Å². The molecule has 0 aromatic carbocycles. The van der Waals surface area contributed by atoms with Crippen LogP contribution in [0.4, 0.5) is 18.0 Å². The Balaban J connectivity index is 2.75. The van der Waals surface area contributed by atoms with Crippen molar-refractivity contribution in [1.29, 1.82) is 0 Å². The molecule has 5 nitrogen and oxygen atoms in total. The summed E-state index contributed by atoms with van der Waals surface area (Å²) in [7, 11) is 1.25. The van der Waals surface area contributed by atoms with E-state index in [1.165, 1.54) is 14.0 Å². The maximum absolute atomic E-state index is 12.2. The van der Waals surface area contributed by atoms with E-state index in [4.69, 9.17) is 0 Å². The van der Waals surface area contributed by atoms with Gasteiger partial charge in [0.25, 0.3) is 0 Å². The smallest absolute Gasteiger partial charge is 0.390 e. The summed E-state index contributed by atoms with van der Waals surface area (Å²) in [5.41, 5.74) is -1.35. The molecule has 0 aromatic rings. The predicted molar refractivity (Wildman–Crippen MR) is 65.3 cm³/mol. The molecule has 0 radical (unpaired) electrons. The third kappa shape index (κ3) is 3.77. The van der Waals surface area contributed by atoms with Gasteiger partial charge in [0.1, 0.15) is 5.54 Å². The van der Waals surface area contributed by atoms with Crippen molar-refractivity contribution < 1.29 is 27.9 Å². The van der Waals surface area contributed by atoms with Crippen LogP contribution in [0.3, 0.4) is 0 Å². The number of amides is 2. The maximum atomic E-state index is 12.2. The minimum atomic E-state index is -4.34. The zero-order valence-electron chi connectivity index (χ0n) is 11.5. The topological polar surface area (TPSA) is 60.9 Å². The summed E-state index contributed by atoms with van der Waals surface area (Å²) in [6.07, 6.45) is -3.80. The highest BCUT2D eigenvalue weighted by molar-refractivity contribution is 5.86. The Kier molecular flexibility index (Phi) is 4.88. The van der Waals surface area contributed by atoms with Crippen LogP contribution in [0.15, 0.2) is 0 Å². The quantitative estimate of drug-likeness (QED) is 0.869. The molecule has 1 heterocycles. The molecule has 1 N–H and O–H groups in total. The molecule has 0 spiro atoms. The largest absolute Gasteiger partial charge is 0.480 e. The molecule has 1 fully saturated rings. The van der Waals surface area contributed by atoms with E-state index in [9.17, 15) is 27.9 Å². The zero-order chi connectivity index (χ0) is 15.6. The van der Waals surface area contributed by atoms with Gasteiger partial charge >= 0.3 is 18.2 Å². The average molecular weight is 296 g/mol. The molecule has 0 bridgehead atoms. The molecule has 1 rings (SSSR count). The van der Waals surface area contributed by atoms with Crippen LogP contribution in [0, 0.1) is 0 Å². The average Bonchev–Trinajstić information content (AvgIpc) is 2.34. The lowest BCUT2D eigenvalue weighted by Crippen LogP contribution is -2.60. The number of alkyl halides is 3. The first kappa shape index (κ1) is 16.6. The van der Waals surface area contributed by atoms with Crippen molar-refractivity contribution in [3.8, 4) is 0 Å². The summed E-state index contributed by atoms with van der Waals surface area (Å²) in [5, 5.41) is 9.27. The van der Waals surface area contributed by atoms with E-state index in [0.29, 0.717) is 19.3 Å². The van der Waals surface area contributed by atoms with Gasteiger partial charge in [0.05, 0.1) is 6.42 Å². The van der Waals surface area contributed by atoms with Crippen molar-refractivity contribution in [3.63, 3.8) is 0 Å². The SMILES string of the molecule is CN(CCC(F)(F)F)C(=O)N1CCCCC1(C)C(=O)O. The lowest BCUT2D eigenvalue weighted by Gasteiger charge is -2.43. The summed E-state index contributed by atoms with van der Waals surface area (Å²) in [4.78, 5) is 25.6. The molecule has 1 aliphatic heterocycles. The Morgan fingerprint density at radius 1 is 1.35 bits per heavy atom. The van der Waals surface area contributed by atoms with Gasteiger partial charge in [-0.2, -0.15) is 13.2 Å². The van der Waals surface area contributed by atoms with Gasteiger partial charge in [0.15, 0.2) is 0 Å². The lowest BCUT2D eigenvalue weighted by atomic mass is 9.89. The van der Waals surface area contributed by atoms with E-state index in [2.05, 4.69) is 0 Å². The number of aliphatic carboxylic acids is 1. The monoisotopic (exact) mass is 296 g/mol. The number of piperidine rings is 1. The number of hydrogen-bond donors (Lipinski definition) is 1. The molecule has 1 saturated heterocycles. The Morgan fingerprint density at radius 3 is 2.45 bits per heavy atom. The number of carboxylic acid groups (broad SMARTS) is 1. The second kappa shape index (κ2) is 5.88. The number of likely N-dealkylation sites (tertiary alicyclic amines) is 1. The van der Waals surface area contributed by atoms with E-state index in [1.807, 2.05) is 0 Å². The number of carbonyl (C=O) groups is 2. The molecule has 116 valence electrons. The summed E-state index contributed by atoms with van der Waals surface area (Å²) >= 11 is 0. The first-order chi connectivity index (χ1) is 9.08. The highest BCUT2D eigenvalue weighted by atomic mass is 19.4. The van der Waals surface area contributed by atoms with Gasteiger partial charge in [-0.15, -0.1) is 0 Å². The first-order valence-electron chi connectivity index (χ1n) is 6.41. The van der Waals surface area contributed by atoms with Gasteiger partial charge in [-0.3, -0.25) is 0 Å². The van der Waals surface area contributed by atoms with Crippen molar-refractivity contribution in [2.24, 2.45) is 0 Å². The second-order valence-corrected chi connectivity index (χ2v) is 5.26. The molecule has 1 unspecified atom stereocenters. The number of halogens is 3. The maximum Gasteiger partial charge on any atom is 0.390 e. The van der Waals surface area contributed by atoms with E-state index in [1.54, 1.807) is 0 Å². The fraction of sp³-hybridized carbons (Fsp3) is 0.833. The van der Waals surface area contributed by atoms with E-state index in [-0.39, 0.29) is 6.54 Å². The first-order valence-corrected chi connectivity index (χ1v) is 6.41. The number of urea groups is 1. The third-order valence-corrected chi connectivity index (χ3v) is 3.64. The van der Waals surface area contributed by atoms with Crippen molar-refractivity contribution in [1.82, 2.24) is 9.80 Å². The summed E-state index contributed by atoms with van der Waals surface area (Å²) in [5.74, 6) is -1.13. The molecule has 0 aliphatic carbocycles. The number of rotatable bonds is 3. The van der Waals surface area contributed by atoms with Crippen molar-refractivity contribution >= 4 is 12.0 Å². The fourth-order valence-electron chi connectivity index (χ4n) is 2.25. The molecular formula is C12H19F3N2O3. The van der Waals surface area contributed by atoms with Crippen LogP contribution in [0.5, 0.6) is 0 Å². The van der Waals surface area contributed by atoms with Gasteiger partial charge in [-0.05, 0) is 26.2 Å². The molecule has 1 aliphatic rings. The van der Waals surface area contributed by atoms with Crippen LogP contribution < -0.4 is 0 Å². The lowest BCUT2D eigenvalue weighted by molar-refractivity contribution is -0.151. The van der Waals surface area contributed by atoms with Crippen LogP contribution in [-0.4, -0.2) is 58.8 Å². The van der Waals surface area contributed by atoms with Crippen LogP contribution in [0.2, 0.25) is 0 Å². The molecule has 8 heteroatoms. The fourth-order valence-corrected chi connectivity index (χ4v) is 2.25. The van der Waals surface area contributed by atoms with Crippen molar-refractivity contribution in [2.75, 3.05) is 20.1 Å². The second-order valence-electron chi connectivity index (χ2n) is 5.26. The van der Waals surface area contributed by atoms with Crippen LogP contribution in [-0.2, 0) is 4.79 Å². The van der Waals surface area contributed by atoms with E-state index >= 15 is 0 Å². The third-order valence-electron chi connectivity index (χ3n) is 3.64. The van der Waals surface area contributed by atoms with Crippen molar-refractivity contribution in [3.05, 3.63) is 0 Å². The predicted octanol–water partition coefficient (Wildman–Crippen LogP) is 2.32. The van der Waals surface area contributed by atoms with E-state index in [0.717, 1.165) is 9.80 Å². The minimum Gasteiger partial charge on any atom is -0.480 e. The number of carbonyl (C=O) groups excluding carboxylic acids is 1. The van der Waals surface area contributed by atoms with Crippen molar-refractivity contribution in [2.45, 2.75) is 44.3 Å². The minimum absolute atomic E-state index is 0.248. The van der Waals surface area contributed by atoms with Gasteiger partial charge < -0.3 is 14.9 Å². The highest BCUT2D eigenvalue weighted by Crippen LogP contribution is 2.29. The Hall–Kier alpha value is -1.47. The zero-order valence-corrected chi connectivity index (χ0v) is 11.5. The molecule has 1 atom stereocenters. The van der Waals surface area contributed by atoms with Crippen LogP contribution >= 0.6 is 0 Å². The molecular weight excluding hydrogens is 277 g/mol. The van der Waals surface area contributed by atoms with Gasteiger partial charge in [0.2, 0.25) is 0 Å². The van der Waals surface area contributed by atoms with Gasteiger partial charge in [-0.1, -0.05) is 0 Å². The molecule has 20 heavy (non-hydrogen) atoms. The molecule has 0 saturated carbocycles. The normalized spacial score (nSPS) is 23.6. The summed E-state index contributed by atoms with van der Waals surface area (Å²) in [6.45, 7) is 1.20. The number of hydrogen-bond acceptors (Lipinski definition) is 2. The summed E-state index contributed by atoms with van der Waals surface area (Å²) in [6, 6.07) is -0.668. The molecule has 2 amide bonds. The number of carboxylic acids is 1. The van der Waals surface area contributed by atoms with Gasteiger partial charge in [-0.25, -0.2) is 9.59 Å². The Morgan fingerprint density at radius 2 is 1.95 bits per heavy atom. The molecule has 0 aromatic heterocycles. The highest BCUT2D eigenvalue weighted by Gasteiger charge is 2.45. The summed E-state index contributed by atoms with van der Waals surface area (Å²) < 4.78 is 36.5.